The highest BCUT2D eigenvalue weighted by molar-refractivity contribution is 7.89. The van der Waals surface area contributed by atoms with Gasteiger partial charge in [-0.1, -0.05) is 0 Å². The number of nitrogen functional groups attached to an aromatic ring is 1. The minimum Gasteiger partial charge on any atom is -0.384 e. The van der Waals surface area contributed by atoms with Crippen LogP contribution in [0.5, 0.6) is 0 Å². The molecule has 3 N–H and O–H groups in total. The Balaban J connectivity index is 2.01. The van der Waals surface area contributed by atoms with Crippen LogP contribution in [-0.4, -0.2) is 44.5 Å². The van der Waals surface area contributed by atoms with Gasteiger partial charge in [0, 0.05) is 18.8 Å². The molecule has 7 heteroatoms. The molecular weight excluding hydrogens is 252 g/mol. The molecule has 0 bridgehead atoms. The topological polar surface area (TPSA) is 88.3 Å². The molecule has 18 heavy (non-hydrogen) atoms. The van der Waals surface area contributed by atoms with E-state index in [2.05, 4.69) is 14.6 Å². The summed E-state index contributed by atoms with van der Waals surface area (Å²) in [6, 6.07) is 3.22. The van der Waals surface area contributed by atoms with Gasteiger partial charge in [-0.05, 0) is 38.6 Å². The summed E-state index contributed by atoms with van der Waals surface area (Å²) in [5.74, 6) is 0.310. The van der Waals surface area contributed by atoms with Gasteiger partial charge in [-0.25, -0.2) is 18.1 Å². The van der Waals surface area contributed by atoms with Crippen molar-refractivity contribution >= 4 is 15.8 Å². The van der Waals surface area contributed by atoms with Crippen molar-refractivity contribution in [1.82, 2.24) is 14.6 Å². The van der Waals surface area contributed by atoms with Crippen molar-refractivity contribution in [3.8, 4) is 0 Å². The maximum Gasteiger partial charge on any atom is 0.242 e. The molecule has 1 atom stereocenters. The van der Waals surface area contributed by atoms with E-state index in [1.807, 2.05) is 7.05 Å². The fourth-order valence-corrected chi connectivity index (χ4v) is 3.09. The zero-order valence-corrected chi connectivity index (χ0v) is 11.2. The summed E-state index contributed by atoms with van der Waals surface area (Å²) in [6.45, 7) is 1.46. The van der Waals surface area contributed by atoms with E-state index >= 15 is 0 Å². The Morgan fingerprint density at radius 1 is 1.56 bits per heavy atom. The minimum atomic E-state index is -3.48. The number of nitrogens with zero attached hydrogens (tertiary/aromatic N) is 2. The summed E-state index contributed by atoms with van der Waals surface area (Å²) in [7, 11) is -1.47. The molecule has 0 aromatic carbocycles. The van der Waals surface area contributed by atoms with Gasteiger partial charge < -0.3 is 10.6 Å². The Morgan fingerprint density at radius 3 is 2.89 bits per heavy atom. The van der Waals surface area contributed by atoms with Crippen molar-refractivity contribution in [3.05, 3.63) is 18.3 Å². The number of hydrogen-bond donors (Lipinski definition) is 2. The molecule has 2 heterocycles. The number of likely N-dealkylation sites (N-methyl/N-ethyl adjacent to an activating group) is 1. The number of anilines is 1. The Morgan fingerprint density at radius 2 is 2.33 bits per heavy atom. The Labute approximate surface area is 107 Å². The van der Waals surface area contributed by atoms with E-state index in [1.165, 1.54) is 18.3 Å². The number of aromatic nitrogens is 1. The van der Waals surface area contributed by atoms with Crippen LogP contribution in [-0.2, 0) is 10.0 Å². The first-order valence-corrected chi connectivity index (χ1v) is 7.39. The van der Waals surface area contributed by atoms with E-state index in [0.717, 1.165) is 19.4 Å². The molecule has 6 nitrogen and oxygen atoms in total. The van der Waals surface area contributed by atoms with Gasteiger partial charge in [0.25, 0.3) is 0 Å². The molecule has 1 aliphatic heterocycles. The lowest BCUT2D eigenvalue weighted by atomic mass is 10.2. The third-order valence-electron chi connectivity index (χ3n) is 3.25. The van der Waals surface area contributed by atoms with E-state index < -0.39 is 10.0 Å². The third-order valence-corrected chi connectivity index (χ3v) is 4.66. The van der Waals surface area contributed by atoms with Crippen molar-refractivity contribution < 1.29 is 8.42 Å². The second kappa shape index (κ2) is 5.21. The normalized spacial score (nSPS) is 21.3. The van der Waals surface area contributed by atoms with Crippen LogP contribution in [0, 0.1) is 0 Å². The highest BCUT2D eigenvalue weighted by atomic mass is 32.2. The van der Waals surface area contributed by atoms with Gasteiger partial charge in [-0.2, -0.15) is 0 Å². The molecule has 0 aliphatic carbocycles. The quantitative estimate of drug-likeness (QED) is 0.806. The largest absolute Gasteiger partial charge is 0.384 e. The van der Waals surface area contributed by atoms with E-state index in [9.17, 15) is 8.42 Å². The summed E-state index contributed by atoms with van der Waals surface area (Å²) >= 11 is 0. The lowest BCUT2D eigenvalue weighted by Gasteiger charge is -2.19. The van der Waals surface area contributed by atoms with Crippen LogP contribution in [0.15, 0.2) is 23.2 Å². The highest BCUT2D eigenvalue weighted by Gasteiger charge is 2.23. The molecule has 0 amide bonds. The zero-order valence-electron chi connectivity index (χ0n) is 10.3. The maximum absolute atomic E-state index is 12.0. The molecule has 100 valence electrons. The van der Waals surface area contributed by atoms with Crippen molar-refractivity contribution in [2.45, 2.75) is 23.8 Å². The van der Waals surface area contributed by atoms with Crippen molar-refractivity contribution in [2.24, 2.45) is 0 Å². The van der Waals surface area contributed by atoms with Crippen molar-refractivity contribution in [1.29, 1.82) is 0 Å². The Hall–Kier alpha value is -1.18. The summed E-state index contributed by atoms with van der Waals surface area (Å²) in [6.07, 6.45) is 3.42. The van der Waals surface area contributed by atoms with E-state index in [4.69, 9.17) is 5.73 Å². The van der Waals surface area contributed by atoms with Gasteiger partial charge in [0.15, 0.2) is 0 Å². The Kier molecular flexibility index (Phi) is 3.84. The second-order valence-electron chi connectivity index (χ2n) is 4.55. The summed E-state index contributed by atoms with van der Waals surface area (Å²) in [5, 5.41) is 0. The van der Waals surface area contributed by atoms with E-state index in [1.54, 1.807) is 0 Å². The van der Waals surface area contributed by atoms with Crippen LogP contribution in [0.1, 0.15) is 12.8 Å². The molecule has 1 aliphatic rings. The first-order chi connectivity index (χ1) is 8.49. The summed E-state index contributed by atoms with van der Waals surface area (Å²) in [5.41, 5.74) is 5.43. The summed E-state index contributed by atoms with van der Waals surface area (Å²) < 4.78 is 26.6. The third kappa shape index (κ3) is 2.98. The molecule has 2 rings (SSSR count). The van der Waals surface area contributed by atoms with Crippen LogP contribution in [0.4, 0.5) is 5.82 Å². The average molecular weight is 270 g/mol. The summed E-state index contributed by atoms with van der Waals surface area (Å²) in [4.78, 5) is 6.11. The molecule has 0 radical (unpaired) electrons. The number of rotatable bonds is 4. The van der Waals surface area contributed by atoms with Gasteiger partial charge in [0.1, 0.15) is 10.7 Å². The van der Waals surface area contributed by atoms with Crippen molar-refractivity contribution in [2.75, 3.05) is 25.9 Å². The van der Waals surface area contributed by atoms with Gasteiger partial charge in [-0.15, -0.1) is 0 Å². The van der Waals surface area contributed by atoms with E-state index in [-0.39, 0.29) is 10.9 Å². The molecule has 1 aromatic rings. The fraction of sp³-hybridized carbons (Fsp3) is 0.545. The molecule has 1 unspecified atom stereocenters. The highest BCUT2D eigenvalue weighted by Crippen LogP contribution is 2.15. The second-order valence-corrected chi connectivity index (χ2v) is 6.31. The number of sulfonamides is 1. The number of nitrogens with one attached hydrogen (secondary N) is 1. The van der Waals surface area contributed by atoms with Gasteiger partial charge >= 0.3 is 0 Å². The minimum absolute atomic E-state index is 0.150. The predicted octanol–water partition coefficient (Wildman–Crippen LogP) is 0.0363. The first kappa shape index (κ1) is 13.3. The van der Waals surface area contributed by atoms with Gasteiger partial charge in [0.05, 0.1) is 0 Å². The smallest absolute Gasteiger partial charge is 0.242 e. The Bertz CT molecular complexity index is 500. The number of nitrogens with two attached hydrogens (primary N) is 1. The average Bonchev–Trinajstić information content (AvgIpc) is 2.73. The maximum atomic E-state index is 12.0. The van der Waals surface area contributed by atoms with E-state index in [0.29, 0.717) is 12.4 Å². The lowest BCUT2D eigenvalue weighted by molar-refractivity contribution is 0.311. The standard InChI is InChI=1S/C11H18N4O2S/c1-15-6-2-3-9(15)7-14-18(16,17)10-4-5-11(12)13-8-10/h4-5,8-9,14H,2-3,6-7H2,1H3,(H2,12,13). The van der Waals surface area contributed by atoms with Crippen molar-refractivity contribution in [3.63, 3.8) is 0 Å². The lowest BCUT2D eigenvalue weighted by Crippen LogP contribution is -2.38. The van der Waals surface area contributed by atoms with Crippen LogP contribution < -0.4 is 10.5 Å². The van der Waals surface area contributed by atoms with Crippen LogP contribution in [0.25, 0.3) is 0 Å². The molecule has 0 saturated carbocycles. The SMILES string of the molecule is CN1CCCC1CNS(=O)(=O)c1ccc(N)nc1. The van der Waals surface area contributed by atoms with Crippen LogP contribution in [0.2, 0.25) is 0 Å². The van der Waals surface area contributed by atoms with Crippen LogP contribution >= 0.6 is 0 Å². The molecule has 1 aromatic heterocycles. The first-order valence-electron chi connectivity index (χ1n) is 5.90. The number of hydrogen-bond acceptors (Lipinski definition) is 5. The van der Waals surface area contributed by atoms with Gasteiger partial charge in [-0.3, -0.25) is 0 Å². The molecule has 1 fully saturated rings. The zero-order chi connectivity index (χ0) is 13.2. The molecule has 1 saturated heterocycles. The number of likely N-dealkylation sites (tertiary alicyclic amines) is 1. The molecular formula is C11H18N4O2S. The predicted molar refractivity (Wildman–Crippen MR) is 69.5 cm³/mol. The molecule has 0 spiro atoms. The fourth-order valence-electron chi connectivity index (χ4n) is 2.08. The van der Waals surface area contributed by atoms with Gasteiger partial charge in [0.2, 0.25) is 10.0 Å². The monoisotopic (exact) mass is 270 g/mol. The number of pyridine rings is 1. The van der Waals surface area contributed by atoms with Crippen LogP contribution in [0.3, 0.4) is 0 Å².